The molecule has 33 heavy (non-hydrogen) atoms. The van der Waals surface area contributed by atoms with Gasteiger partial charge in [-0.15, -0.1) is 0 Å². The summed E-state index contributed by atoms with van der Waals surface area (Å²) in [4.78, 5) is 4.91. The molecule has 0 saturated heterocycles. The van der Waals surface area contributed by atoms with Crippen molar-refractivity contribution in [2.75, 3.05) is 20.3 Å². The van der Waals surface area contributed by atoms with Gasteiger partial charge in [-0.05, 0) is 36.7 Å². The minimum atomic E-state index is -1.16. The Kier molecular flexibility index (Phi) is 8.20. The number of aryl methyl sites for hydroxylation is 1. The maximum absolute atomic E-state index is 6.12. The third-order valence-corrected chi connectivity index (χ3v) is 8.96. The zero-order valence-corrected chi connectivity index (χ0v) is 23.6. The van der Waals surface area contributed by atoms with E-state index in [1.807, 2.05) is 29.1 Å². The minimum absolute atomic E-state index is 0.433. The van der Waals surface area contributed by atoms with Crippen LogP contribution in [0.3, 0.4) is 0 Å². The first-order chi connectivity index (χ1) is 15.5. The number of hydrogen-bond donors (Lipinski definition) is 0. The minimum Gasteiger partial charge on any atom is -0.497 e. The van der Waals surface area contributed by atoms with E-state index in [0.717, 1.165) is 59.2 Å². The lowest BCUT2D eigenvalue weighted by molar-refractivity contribution is 0.0785. The highest BCUT2D eigenvalue weighted by Gasteiger charge is 2.19. The van der Waals surface area contributed by atoms with Gasteiger partial charge in [0.15, 0.2) is 5.82 Å². The predicted octanol–water partition coefficient (Wildman–Crippen LogP) is 5.84. The summed E-state index contributed by atoms with van der Waals surface area (Å²) in [6.45, 7) is 18.6. The van der Waals surface area contributed by atoms with E-state index < -0.39 is 16.1 Å². The highest BCUT2D eigenvalue weighted by Crippen LogP contribution is 2.29. The number of fused-ring (bicyclic) bond motifs is 1. The number of imidazole rings is 1. The Balaban J connectivity index is 1.84. The third-order valence-electron chi connectivity index (χ3n) is 5.55. The maximum Gasteiger partial charge on any atom is 0.163 e. The lowest BCUT2D eigenvalue weighted by atomic mass is 10.2. The number of methoxy groups -OCH3 is 1. The van der Waals surface area contributed by atoms with Crippen LogP contribution < -0.4 is 4.74 Å². The molecule has 0 aliphatic carbocycles. The monoisotopic (exact) mass is 488 g/mol. The molecule has 0 radical (unpaired) electrons. The highest BCUT2D eigenvalue weighted by atomic mass is 28.3. The summed E-state index contributed by atoms with van der Waals surface area (Å²) in [5.41, 5.74) is 3.81. The Morgan fingerprint density at radius 3 is 2.15 bits per heavy atom. The fraction of sp³-hybridized carbons (Fsp3) is 0.583. The van der Waals surface area contributed by atoms with Crippen LogP contribution in [-0.4, -0.2) is 55.8 Å². The molecule has 0 spiro atoms. The fourth-order valence-electron chi connectivity index (χ4n) is 3.42. The Labute approximate surface area is 200 Å². The van der Waals surface area contributed by atoms with Gasteiger partial charge in [0.25, 0.3) is 0 Å². The highest BCUT2D eigenvalue weighted by molar-refractivity contribution is 6.76. The zero-order chi connectivity index (χ0) is 24.2. The van der Waals surface area contributed by atoms with Crippen molar-refractivity contribution in [2.45, 2.75) is 71.8 Å². The van der Waals surface area contributed by atoms with Crippen LogP contribution in [-0.2, 0) is 22.9 Å². The number of benzene rings is 1. The van der Waals surface area contributed by atoms with E-state index in [0.29, 0.717) is 13.5 Å². The SMILES string of the molecule is COc1ccc2nc(-c3nn(COCC[Si](C)(C)C)cc3C)n(COCC[Si](C)(C)C)c2c1. The Hall–Kier alpha value is -1.95. The number of nitrogens with zero attached hydrogens (tertiary/aromatic N) is 4. The Morgan fingerprint density at radius 2 is 1.55 bits per heavy atom. The predicted molar refractivity (Wildman–Crippen MR) is 140 cm³/mol. The van der Waals surface area contributed by atoms with Crippen molar-refractivity contribution < 1.29 is 14.2 Å². The van der Waals surface area contributed by atoms with Crippen LogP contribution in [0.1, 0.15) is 5.56 Å². The molecule has 182 valence electrons. The summed E-state index contributed by atoms with van der Waals surface area (Å²) in [7, 11) is -0.580. The molecule has 3 rings (SSSR count). The Bertz CT molecular complexity index is 1060. The van der Waals surface area contributed by atoms with E-state index >= 15 is 0 Å². The van der Waals surface area contributed by atoms with Gasteiger partial charge in [-0.25, -0.2) is 9.67 Å². The molecule has 1 aromatic carbocycles. The topological polar surface area (TPSA) is 63.3 Å². The summed E-state index contributed by atoms with van der Waals surface area (Å²) < 4.78 is 21.4. The van der Waals surface area contributed by atoms with Gasteiger partial charge in [0.05, 0.1) is 18.1 Å². The fourth-order valence-corrected chi connectivity index (χ4v) is 4.93. The molecule has 0 atom stereocenters. The zero-order valence-electron chi connectivity index (χ0n) is 21.6. The summed E-state index contributed by atoms with van der Waals surface area (Å²) in [5.74, 6) is 1.61. The van der Waals surface area contributed by atoms with E-state index in [1.165, 1.54) is 0 Å². The van der Waals surface area contributed by atoms with Crippen LogP contribution in [0.15, 0.2) is 24.4 Å². The first kappa shape index (κ1) is 25.7. The molecule has 3 aromatic rings. The van der Waals surface area contributed by atoms with Gasteiger partial charge < -0.3 is 14.2 Å². The van der Waals surface area contributed by atoms with Crippen molar-refractivity contribution in [2.24, 2.45) is 0 Å². The van der Waals surface area contributed by atoms with Gasteiger partial charge in [-0.1, -0.05) is 39.3 Å². The molecule has 0 saturated carbocycles. The van der Waals surface area contributed by atoms with Crippen LogP contribution in [0, 0.1) is 6.92 Å². The second kappa shape index (κ2) is 10.5. The van der Waals surface area contributed by atoms with Crippen molar-refractivity contribution >= 4 is 27.2 Å². The molecule has 0 aliphatic heterocycles. The molecule has 2 aromatic heterocycles. The first-order valence-corrected chi connectivity index (χ1v) is 19.1. The van der Waals surface area contributed by atoms with Crippen molar-refractivity contribution in [3.05, 3.63) is 30.0 Å². The number of aromatic nitrogens is 4. The van der Waals surface area contributed by atoms with Crippen LogP contribution in [0.4, 0.5) is 0 Å². The summed E-state index contributed by atoms with van der Waals surface area (Å²) >= 11 is 0. The Morgan fingerprint density at radius 1 is 0.909 bits per heavy atom. The van der Waals surface area contributed by atoms with E-state index in [-0.39, 0.29) is 0 Å². The molecular formula is C24H40N4O3Si2. The largest absolute Gasteiger partial charge is 0.497 e. The number of rotatable bonds is 12. The number of hydrogen-bond acceptors (Lipinski definition) is 5. The average Bonchev–Trinajstić information content (AvgIpc) is 3.26. The molecule has 9 heteroatoms. The summed E-state index contributed by atoms with van der Waals surface area (Å²) in [6.07, 6.45) is 2.03. The molecular weight excluding hydrogens is 448 g/mol. The summed E-state index contributed by atoms with van der Waals surface area (Å²) in [5, 5.41) is 4.82. The smallest absolute Gasteiger partial charge is 0.163 e. The van der Waals surface area contributed by atoms with E-state index in [4.69, 9.17) is 24.3 Å². The van der Waals surface area contributed by atoms with Gasteiger partial charge in [-0.2, -0.15) is 5.10 Å². The molecule has 7 nitrogen and oxygen atoms in total. The standard InChI is InChI=1S/C24H40N4O3Si2/c1-19-16-27(17-30-11-13-32(3,4)5)26-23(19)24-25-21-10-9-20(29-2)15-22(21)28(24)18-31-12-14-33(6,7)8/h9-10,15-16H,11-14,17-18H2,1-8H3. The molecule has 0 N–H and O–H groups in total. The van der Waals surface area contributed by atoms with Crippen LogP contribution in [0.2, 0.25) is 51.4 Å². The lowest BCUT2D eigenvalue weighted by Crippen LogP contribution is -2.22. The van der Waals surface area contributed by atoms with Gasteiger partial charge in [0, 0.05) is 41.6 Å². The molecule has 0 aliphatic rings. The maximum atomic E-state index is 6.12. The molecule has 0 bridgehead atoms. The van der Waals surface area contributed by atoms with Crippen molar-refractivity contribution in [1.82, 2.24) is 19.3 Å². The average molecular weight is 489 g/mol. The second-order valence-corrected chi connectivity index (χ2v) is 22.4. The van der Waals surface area contributed by atoms with E-state index in [9.17, 15) is 0 Å². The third kappa shape index (κ3) is 7.27. The van der Waals surface area contributed by atoms with Crippen LogP contribution in [0.25, 0.3) is 22.6 Å². The summed E-state index contributed by atoms with van der Waals surface area (Å²) in [6, 6.07) is 8.21. The molecule has 0 fully saturated rings. The second-order valence-electron chi connectivity index (χ2n) is 11.1. The molecule has 0 amide bonds. The van der Waals surface area contributed by atoms with E-state index in [1.54, 1.807) is 7.11 Å². The van der Waals surface area contributed by atoms with Crippen molar-refractivity contribution in [3.63, 3.8) is 0 Å². The van der Waals surface area contributed by atoms with Gasteiger partial charge >= 0.3 is 0 Å². The van der Waals surface area contributed by atoms with Gasteiger partial charge in [-0.3, -0.25) is 4.57 Å². The lowest BCUT2D eigenvalue weighted by Gasteiger charge is -2.16. The van der Waals surface area contributed by atoms with Crippen molar-refractivity contribution in [1.29, 1.82) is 0 Å². The number of ether oxygens (including phenoxy) is 3. The first-order valence-electron chi connectivity index (χ1n) is 11.7. The van der Waals surface area contributed by atoms with Crippen molar-refractivity contribution in [3.8, 4) is 17.3 Å². The van der Waals surface area contributed by atoms with Crippen LogP contribution >= 0.6 is 0 Å². The van der Waals surface area contributed by atoms with Crippen LogP contribution in [0.5, 0.6) is 5.75 Å². The normalized spacial score (nSPS) is 12.6. The molecule has 0 unspecified atom stereocenters. The van der Waals surface area contributed by atoms with E-state index in [2.05, 4.69) is 50.8 Å². The quantitative estimate of drug-likeness (QED) is 0.237. The molecule has 2 heterocycles. The van der Waals surface area contributed by atoms with Gasteiger partial charge in [0.1, 0.15) is 24.9 Å². The van der Waals surface area contributed by atoms with Gasteiger partial charge in [0.2, 0.25) is 0 Å².